The highest BCUT2D eigenvalue weighted by Gasteiger charge is 2.35. The van der Waals surface area contributed by atoms with Crippen molar-refractivity contribution in [3.63, 3.8) is 0 Å². The summed E-state index contributed by atoms with van der Waals surface area (Å²) in [5.41, 5.74) is 0. The molecule has 0 saturated carbocycles. The minimum absolute atomic E-state index is 0.108. The molecule has 0 bridgehead atoms. The van der Waals surface area contributed by atoms with E-state index in [0.29, 0.717) is 6.42 Å². The maximum absolute atomic E-state index is 13.8. The monoisotopic (exact) mass is 353 g/mol. The second-order valence-corrected chi connectivity index (χ2v) is 7.10. The highest BCUT2D eigenvalue weighted by Crippen LogP contribution is 2.27. The molecule has 1 atom stereocenters. The van der Waals surface area contributed by atoms with Gasteiger partial charge in [-0.1, -0.05) is 12.1 Å². The van der Waals surface area contributed by atoms with Crippen LogP contribution in [0.2, 0.25) is 0 Å². The van der Waals surface area contributed by atoms with Gasteiger partial charge in [0.1, 0.15) is 16.8 Å². The molecule has 7 nitrogen and oxygen atoms in total. The first-order chi connectivity index (χ1) is 11.5. The van der Waals surface area contributed by atoms with Gasteiger partial charge in [-0.15, -0.1) is 0 Å². The van der Waals surface area contributed by atoms with Crippen LogP contribution in [0.1, 0.15) is 6.42 Å². The van der Waals surface area contributed by atoms with Crippen molar-refractivity contribution in [1.29, 1.82) is 0 Å². The average Bonchev–Trinajstić information content (AvgIpc) is 3.05. The molecule has 1 aliphatic heterocycles. The van der Waals surface area contributed by atoms with Gasteiger partial charge in [0.15, 0.2) is 0 Å². The van der Waals surface area contributed by atoms with Crippen LogP contribution in [-0.2, 0) is 10.0 Å². The average molecular weight is 353 g/mol. The Bertz CT molecular complexity index is 831. The van der Waals surface area contributed by atoms with Gasteiger partial charge in [0, 0.05) is 18.9 Å². The van der Waals surface area contributed by atoms with E-state index >= 15 is 0 Å². The van der Waals surface area contributed by atoms with Crippen molar-refractivity contribution in [1.82, 2.24) is 14.3 Å². The number of aromatic nitrogens is 2. The van der Waals surface area contributed by atoms with E-state index in [-0.39, 0.29) is 29.7 Å². The summed E-state index contributed by atoms with van der Waals surface area (Å²) in [6, 6.07) is 5.32. The van der Waals surface area contributed by atoms with E-state index in [4.69, 9.17) is 9.47 Å². The zero-order valence-electron chi connectivity index (χ0n) is 12.9. The molecular formula is C15H16FN3O4S. The Hall–Kier alpha value is -2.26. The molecule has 2 heterocycles. The van der Waals surface area contributed by atoms with E-state index in [1.807, 2.05) is 0 Å². The molecule has 2 aromatic rings. The number of ether oxygens (including phenoxy) is 2. The van der Waals surface area contributed by atoms with Gasteiger partial charge in [-0.2, -0.15) is 4.31 Å². The third kappa shape index (κ3) is 3.17. The third-order valence-electron chi connectivity index (χ3n) is 3.67. The Labute approximate surface area is 139 Å². The maximum atomic E-state index is 13.8. The zero-order valence-corrected chi connectivity index (χ0v) is 13.7. The first-order valence-electron chi connectivity index (χ1n) is 7.28. The van der Waals surface area contributed by atoms with Crippen LogP contribution in [0.25, 0.3) is 0 Å². The molecule has 0 N–H and O–H groups in total. The quantitative estimate of drug-likeness (QED) is 0.810. The van der Waals surface area contributed by atoms with Gasteiger partial charge in [0.05, 0.1) is 13.7 Å². The number of hydrogen-bond donors (Lipinski definition) is 0. The van der Waals surface area contributed by atoms with Crippen LogP contribution in [0.15, 0.2) is 41.6 Å². The number of sulfonamides is 1. The summed E-state index contributed by atoms with van der Waals surface area (Å²) in [6.45, 7) is 0.348. The lowest BCUT2D eigenvalue weighted by Crippen LogP contribution is -2.31. The van der Waals surface area contributed by atoms with Gasteiger partial charge in [-0.3, -0.25) is 0 Å². The van der Waals surface area contributed by atoms with E-state index in [0.717, 1.165) is 6.07 Å². The Kier molecular flexibility index (Phi) is 4.63. The molecule has 0 amide bonds. The smallest absolute Gasteiger partial charge is 0.278 e. The first-order valence-corrected chi connectivity index (χ1v) is 8.72. The highest BCUT2D eigenvalue weighted by atomic mass is 32.2. The van der Waals surface area contributed by atoms with Gasteiger partial charge >= 0.3 is 0 Å². The number of methoxy groups -OCH3 is 1. The maximum Gasteiger partial charge on any atom is 0.278 e. The van der Waals surface area contributed by atoms with Crippen LogP contribution < -0.4 is 9.47 Å². The molecule has 128 valence electrons. The first kappa shape index (κ1) is 16.6. The van der Waals surface area contributed by atoms with Crippen molar-refractivity contribution in [3.8, 4) is 11.8 Å². The van der Waals surface area contributed by atoms with Crippen molar-refractivity contribution in [2.75, 3.05) is 20.2 Å². The van der Waals surface area contributed by atoms with E-state index in [1.165, 1.54) is 42.0 Å². The molecule has 1 unspecified atom stereocenters. The minimum Gasteiger partial charge on any atom is -0.477 e. The lowest BCUT2D eigenvalue weighted by molar-refractivity contribution is 0.194. The molecule has 0 spiro atoms. The zero-order chi connectivity index (χ0) is 17.2. The summed E-state index contributed by atoms with van der Waals surface area (Å²) in [7, 11) is -2.45. The van der Waals surface area contributed by atoms with Crippen LogP contribution in [0.5, 0.6) is 11.8 Å². The number of halogens is 1. The fourth-order valence-corrected chi connectivity index (χ4v) is 4.05. The molecule has 9 heteroatoms. The summed E-state index contributed by atoms with van der Waals surface area (Å²) in [5, 5.41) is 0. The summed E-state index contributed by atoms with van der Waals surface area (Å²) >= 11 is 0. The lowest BCUT2D eigenvalue weighted by Gasteiger charge is -2.17. The molecule has 1 aliphatic rings. The summed E-state index contributed by atoms with van der Waals surface area (Å²) in [5.74, 6) is -0.333. The molecule has 1 fully saturated rings. The normalized spacial score (nSPS) is 18.5. The Morgan fingerprint density at radius 1 is 1.21 bits per heavy atom. The molecule has 0 aliphatic carbocycles. The minimum atomic E-state index is -3.90. The fourth-order valence-electron chi connectivity index (χ4n) is 2.50. The van der Waals surface area contributed by atoms with Crippen LogP contribution in [0, 0.1) is 5.82 Å². The predicted molar refractivity (Wildman–Crippen MR) is 82.8 cm³/mol. The number of benzene rings is 1. The van der Waals surface area contributed by atoms with Gasteiger partial charge in [0.2, 0.25) is 10.0 Å². The second kappa shape index (κ2) is 6.70. The highest BCUT2D eigenvalue weighted by molar-refractivity contribution is 7.89. The van der Waals surface area contributed by atoms with Gasteiger partial charge < -0.3 is 9.47 Å². The lowest BCUT2D eigenvalue weighted by atomic mass is 10.3. The van der Waals surface area contributed by atoms with Crippen LogP contribution in [0.3, 0.4) is 0 Å². The molecule has 24 heavy (non-hydrogen) atoms. The molecule has 1 aromatic heterocycles. The summed E-state index contributed by atoms with van der Waals surface area (Å²) in [6.07, 6.45) is 2.99. The number of nitrogens with zero attached hydrogens (tertiary/aromatic N) is 3. The topological polar surface area (TPSA) is 81.6 Å². The molecular weight excluding hydrogens is 337 g/mol. The van der Waals surface area contributed by atoms with E-state index in [1.54, 1.807) is 0 Å². The molecule has 1 saturated heterocycles. The van der Waals surface area contributed by atoms with Crippen molar-refractivity contribution in [2.24, 2.45) is 0 Å². The van der Waals surface area contributed by atoms with E-state index < -0.39 is 21.9 Å². The summed E-state index contributed by atoms with van der Waals surface area (Å²) in [4.78, 5) is 7.68. The SMILES string of the molecule is COc1nccnc1OC1CCN(S(=O)(=O)c2ccccc2F)C1. The van der Waals surface area contributed by atoms with Gasteiger partial charge in [0.25, 0.3) is 11.8 Å². The summed E-state index contributed by atoms with van der Waals surface area (Å²) < 4.78 is 50.9. The molecule has 0 radical (unpaired) electrons. The van der Waals surface area contributed by atoms with Crippen LogP contribution in [-0.4, -0.2) is 49.0 Å². The molecule has 1 aromatic carbocycles. The number of rotatable bonds is 5. The Balaban J connectivity index is 1.75. The Morgan fingerprint density at radius 2 is 1.92 bits per heavy atom. The van der Waals surface area contributed by atoms with E-state index in [2.05, 4.69) is 9.97 Å². The standard InChI is InChI=1S/C15H16FN3O4S/c1-22-14-15(18-8-7-17-14)23-11-6-9-19(10-11)24(20,21)13-5-3-2-4-12(13)16/h2-5,7-8,11H,6,9-10H2,1H3. The largest absolute Gasteiger partial charge is 0.477 e. The molecule has 3 rings (SSSR count). The predicted octanol–water partition coefficient (Wildman–Crippen LogP) is 1.47. The van der Waals surface area contributed by atoms with Gasteiger partial charge in [-0.25, -0.2) is 22.8 Å². The second-order valence-electron chi connectivity index (χ2n) is 5.19. The number of hydrogen-bond acceptors (Lipinski definition) is 6. The Morgan fingerprint density at radius 3 is 2.62 bits per heavy atom. The van der Waals surface area contributed by atoms with Crippen molar-refractivity contribution in [2.45, 2.75) is 17.4 Å². The van der Waals surface area contributed by atoms with E-state index in [9.17, 15) is 12.8 Å². The van der Waals surface area contributed by atoms with Crippen molar-refractivity contribution >= 4 is 10.0 Å². The van der Waals surface area contributed by atoms with Crippen molar-refractivity contribution in [3.05, 3.63) is 42.5 Å². The third-order valence-corrected chi connectivity index (χ3v) is 5.57. The fraction of sp³-hybridized carbons (Fsp3) is 0.333. The van der Waals surface area contributed by atoms with Crippen LogP contribution in [0.4, 0.5) is 4.39 Å². The van der Waals surface area contributed by atoms with Crippen molar-refractivity contribution < 1.29 is 22.3 Å². The van der Waals surface area contributed by atoms with Crippen LogP contribution >= 0.6 is 0 Å². The van der Waals surface area contributed by atoms with Gasteiger partial charge in [-0.05, 0) is 18.6 Å².